The second kappa shape index (κ2) is 6.85. The minimum atomic E-state index is -0.579. The van der Waals surface area contributed by atoms with Gasteiger partial charge in [0.1, 0.15) is 23.0 Å². The highest BCUT2D eigenvalue weighted by Gasteiger charge is 2.19. The number of rotatable bonds is 3. The molecule has 6 heteroatoms. The van der Waals surface area contributed by atoms with Crippen LogP contribution in [-0.4, -0.2) is 15.3 Å². The molecule has 134 valence electrons. The third-order valence-corrected chi connectivity index (χ3v) is 4.45. The average Bonchev–Trinajstić information content (AvgIpc) is 3.00. The number of carbonyl (C=O) groups is 1. The molecule has 4 nitrogen and oxygen atoms in total. The zero-order chi connectivity index (χ0) is 19.0. The molecule has 0 unspecified atom stereocenters. The second-order valence-electron chi connectivity index (χ2n) is 6.19. The summed E-state index contributed by atoms with van der Waals surface area (Å²) in [6, 6.07) is 16.9. The van der Waals surface area contributed by atoms with Crippen molar-refractivity contribution >= 4 is 29.0 Å². The van der Waals surface area contributed by atoms with Crippen LogP contribution >= 0.6 is 11.6 Å². The highest BCUT2D eigenvalue weighted by molar-refractivity contribution is 6.30. The number of imidazole rings is 1. The van der Waals surface area contributed by atoms with Gasteiger partial charge in [0.05, 0.1) is 5.56 Å². The lowest BCUT2D eigenvalue weighted by atomic mass is 10.1. The quantitative estimate of drug-likeness (QED) is 0.521. The number of anilines is 1. The molecule has 0 spiro atoms. The molecule has 2 aromatic heterocycles. The Hall–Kier alpha value is -3.18. The predicted octanol–water partition coefficient (Wildman–Crippen LogP) is 5.35. The van der Waals surface area contributed by atoms with Crippen molar-refractivity contribution in [3.8, 4) is 11.3 Å². The van der Waals surface area contributed by atoms with Crippen molar-refractivity contribution < 1.29 is 9.18 Å². The van der Waals surface area contributed by atoms with Crippen molar-refractivity contribution in [3.63, 3.8) is 0 Å². The van der Waals surface area contributed by atoms with E-state index in [1.807, 2.05) is 37.4 Å². The zero-order valence-corrected chi connectivity index (χ0v) is 15.2. The third-order valence-electron chi connectivity index (χ3n) is 4.21. The van der Waals surface area contributed by atoms with Crippen molar-refractivity contribution in [2.75, 3.05) is 5.32 Å². The first-order valence-electron chi connectivity index (χ1n) is 8.33. The van der Waals surface area contributed by atoms with Crippen LogP contribution in [0.1, 0.15) is 15.9 Å². The fourth-order valence-electron chi connectivity index (χ4n) is 2.93. The van der Waals surface area contributed by atoms with Gasteiger partial charge in [-0.1, -0.05) is 41.9 Å². The molecule has 4 aromatic rings. The highest BCUT2D eigenvalue weighted by atomic mass is 35.5. The van der Waals surface area contributed by atoms with Crippen LogP contribution in [0.15, 0.2) is 66.9 Å². The fourth-order valence-corrected chi connectivity index (χ4v) is 3.12. The molecule has 0 fully saturated rings. The number of aromatic nitrogens is 2. The lowest BCUT2D eigenvalue weighted by Crippen LogP contribution is -2.15. The van der Waals surface area contributed by atoms with Crippen LogP contribution < -0.4 is 5.32 Å². The number of amides is 1. The molecule has 2 aromatic carbocycles. The summed E-state index contributed by atoms with van der Waals surface area (Å²) in [5.41, 5.74) is 2.95. The van der Waals surface area contributed by atoms with Crippen molar-refractivity contribution in [1.29, 1.82) is 0 Å². The molecule has 0 aliphatic carbocycles. The second-order valence-corrected chi connectivity index (χ2v) is 6.62. The summed E-state index contributed by atoms with van der Waals surface area (Å²) in [6.45, 7) is 1.95. The molecule has 0 radical (unpaired) electrons. The van der Waals surface area contributed by atoms with E-state index in [1.54, 1.807) is 28.7 Å². The summed E-state index contributed by atoms with van der Waals surface area (Å²) >= 11 is 6.12. The van der Waals surface area contributed by atoms with Gasteiger partial charge in [-0.2, -0.15) is 0 Å². The molecule has 27 heavy (non-hydrogen) atoms. The number of pyridine rings is 1. The maximum absolute atomic E-state index is 14.0. The van der Waals surface area contributed by atoms with Crippen molar-refractivity contribution in [1.82, 2.24) is 9.38 Å². The van der Waals surface area contributed by atoms with E-state index in [-0.39, 0.29) is 5.56 Å². The molecule has 0 bridgehead atoms. The van der Waals surface area contributed by atoms with Gasteiger partial charge in [0.2, 0.25) is 0 Å². The maximum atomic E-state index is 14.0. The van der Waals surface area contributed by atoms with Crippen molar-refractivity contribution in [2.24, 2.45) is 0 Å². The number of hydrogen-bond acceptors (Lipinski definition) is 2. The van der Waals surface area contributed by atoms with Gasteiger partial charge in [0.15, 0.2) is 0 Å². The van der Waals surface area contributed by atoms with Crippen LogP contribution in [0.25, 0.3) is 16.9 Å². The molecule has 0 saturated carbocycles. The predicted molar refractivity (Wildman–Crippen MR) is 105 cm³/mol. The molecular formula is C21H15ClFN3O. The monoisotopic (exact) mass is 379 g/mol. The summed E-state index contributed by atoms with van der Waals surface area (Å²) in [7, 11) is 0. The Morgan fingerprint density at radius 1 is 1.11 bits per heavy atom. The number of carbonyl (C=O) groups excluding carboxylic acids is 1. The molecule has 4 rings (SSSR count). The van der Waals surface area contributed by atoms with Crippen LogP contribution in [0, 0.1) is 12.7 Å². The number of hydrogen-bond donors (Lipinski definition) is 1. The fraction of sp³-hybridized carbons (Fsp3) is 0.0476. The number of halogens is 2. The summed E-state index contributed by atoms with van der Waals surface area (Å²) < 4.78 is 15.8. The Morgan fingerprint density at radius 2 is 1.93 bits per heavy atom. The Kier molecular flexibility index (Phi) is 4.38. The summed E-state index contributed by atoms with van der Waals surface area (Å²) in [6.07, 6.45) is 1.87. The van der Waals surface area contributed by atoms with E-state index in [1.165, 1.54) is 12.1 Å². The first-order chi connectivity index (χ1) is 13.0. The largest absolute Gasteiger partial charge is 0.306 e. The third kappa shape index (κ3) is 3.29. The van der Waals surface area contributed by atoms with E-state index in [0.29, 0.717) is 22.2 Å². The van der Waals surface area contributed by atoms with Gasteiger partial charge in [0, 0.05) is 16.8 Å². The lowest BCUT2D eigenvalue weighted by Gasteiger charge is -2.09. The summed E-state index contributed by atoms with van der Waals surface area (Å²) in [5.74, 6) is -0.659. The van der Waals surface area contributed by atoms with Crippen LogP contribution in [0.3, 0.4) is 0 Å². The van der Waals surface area contributed by atoms with Crippen molar-refractivity contribution in [2.45, 2.75) is 6.92 Å². The van der Waals surface area contributed by atoms with Crippen molar-refractivity contribution in [3.05, 3.63) is 88.8 Å². The molecule has 0 aliphatic heterocycles. The Morgan fingerprint density at radius 3 is 2.70 bits per heavy atom. The van der Waals surface area contributed by atoms with E-state index in [0.717, 1.165) is 11.1 Å². The minimum absolute atomic E-state index is 0.0304. The molecular weight excluding hydrogens is 365 g/mol. The molecule has 0 aliphatic rings. The molecule has 0 atom stereocenters. The van der Waals surface area contributed by atoms with Crippen LogP contribution in [0.5, 0.6) is 0 Å². The Bertz CT molecular complexity index is 1170. The van der Waals surface area contributed by atoms with Gasteiger partial charge < -0.3 is 5.32 Å². The van der Waals surface area contributed by atoms with E-state index in [4.69, 9.17) is 11.6 Å². The van der Waals surface area contributed by atoms with Crippen LogP contribution in [-0.2, 0) is 0 Å². The number of benzene rings is 2. The van der Waals surface area contributed by atoms with Gasteiger partial charge in [-0.3, -0.25) is 9.20 Å². The number of aryl methyl sites for hydroxylation is 1. The number of nitrogens with zero attached hydrogens (tertiary/aromatic N) is 2. The molecule has 0 saturated heterocycles. The standard InChI is InChI=1S/C21H15ClFN3O/c1-13-9-10-18-24-19(14-5-4-6-15(22)11-14)20(26(18)12-13)25-21(27)16-7-2-3-8-17(16)23/h2-12H,1H3,(H,25,27). The maximum Gasteiger partial charge on any atom is 0.259 e. The first kappa shape index (κ1) is 17.2. The molecule has 2 heterocycles. The van der Waals surface area contributed by atoms with Gasteiger partial charge in [-0.25, -0.2) is 9.37 Å². The van der Waals surface area contributed by atoms with E-state index in [2.05, 4.69) is 10.3 Å². The Balaban J connectivity index is 1.87. The SMILES string of the molecule is Cc1ccc2nc(-c3cccc(Cl)c3)c(NC(=O)c3ccccc3F)n2c1. The van der Waals surface area contributed by atoms with E-state index >= 15 is 0 Å². The first-order valence-corrected chi connectivity index (χ1v) is 8.71. The molecule has 1 amide bonds. The van der Waals surface area contributed by atoms with E-state index in [9.17, 15) is 9.18 Å². The smallest absolute Gasteiger partial charge is 0.259 e. The zero-order valence-electron chi connectivity index (χ0n) is 14.4. The topological polar surface area (TPSA) is 46.4 Å². The normalized spacial score (nSPS) is 10.9. The van der Waals surface area contributed by atoms with E-state index < -0.39 is 11.7 Å². The minimum Gasteiger partial charge on any atom is -0.306 e. The summed E-state index contributed by atoms with van der Waals surface area (Å²) in [5, 5.41) is 3.38. The number of nitrogens with one attached hydrogen (secondary N) is 1. The lowest BCUT2D eigenvalue weighted by molar-refractivity contribution is 0.102. The van der Waals surface area contributed by atoms with Crippen LogP contribution in [0.4, 0.5) is 10.2 Å². The average molecular weight is 380 g/mol. The van der Waals surface area contributed by atoms with Gasteiger partial charge in [0.25, 0.3) is 5.91 Å². The van der Waals surface area contributed by atoms with Crippen LogP contribution in [0.2, 0.25) is 5.02 Å². The molecule has 1 N–H and O–H groups in total. The van der Waals surface area contributed by atoms with Gasteiger partial charge in [-0.05, 0) is 42.8 Å². The van der Waals surface area contributed by atoms with Gasteiger partial charge in [-0.15, -0.1) is 0 Å². The summed E-state index contributed by atoms with van der Waals surface area (Å²) in [4.78, 5) is 17.3. The Labute approximate surface area is 160 Å². The van der Waals surface area contributed by atoms with Gasteiger partial charge >= 0.3 is 0 Å². The number of fused-ring (bicyclic) bond motifs is 1. The highest BCUT2D eigenvalue weighted by Crippen LogP contribution is 2.31.